The van der Waals surface area contributed by atoms with E-state index in [1.54, 1.807) is 0 Å². The lowest BCUT2D eigenvalue weighted by molar-refractivity contribution is -0.383. The van der Waals surface area contributed by atoms with Gasteiger partial charge in [0.05, 0.1) is 17.1 Å². The van der Waals surface area contributed by atoms with Gasteiger partial charge in [0.25, 0.3) is 11.6 Å². The van der Waals surface area contributed by atoms with Crippen LogP contribution < -0.4 is 11.1 Å². The van der Waals surface area contributed by atoms with E-state index in [-0.39, 0.29) is 35.5 Å². The van der Waals surface area contributed by atoms with Gasteiger partial charge < -0.3 is 16.2 Å². The fourth-order valence-electron chi connectivity index (χ4n) is 2.05. The Morgan fingerprint density at radius 2 is 2.05 bits per heavy atom. The van der Waals surface area contributed by atoms with E-state index in [4.69, 9.17) is 5.73 Å². The zero-order chi connectivity index (χ0) is 16.0. The summed E-state index contributed by atoms with van der Waals surface area (Å²) in [6.07, 6.45) is 1.43. The molecule has 0 saturated heterocycles. The Bertz CT molecular complexity index is 519. The topological polar surface area (TPSA) is 118 Å². The first-order valence-corrected chi connectivity index (χ1v) is 6.82. The number of nitrogens with zero attached hydrogens (tertiary/aromatic N) is 1. The molecule has 0 aromatic heterocycles. The van der Waals surface area contributed by atoms with Gasteiger partial charge in [0.15, 0.2) is 0 Å². The van der Waals surface area contributed by atoms with E-state index < -0.39 is 10.8 Å². The van der Waals surface area contributed by atoms with Gasteiger partial charge in [-0.2, -0.15) is 0 Å². The Kier molecular flexibility index (Phi) is 5.66. The molecule has 0 heterocycles. The number of aliphatic hydroxyl groups excluding tert-OH is 1. The van der Waals surface area contributed by atoms with Crippen LogP contribution in [0.3, 0.4) is 0 Å². The molecule has 0 atom stereocenters. The van der Waals surface area contributed by atoms with Gasteiger partial charge >= 0.3 is 0 Å². The fourth-order valence-corrected chi connectivity index (χ4v) is 2.05. The number of hydrogen-bond acceptors (Lipinski definition) is 5. The van der Waals surface area contributed by atoms with Crippen molar-refractivity contribution in [1.29, 1.82) is 0 Å². The molecule has 0 radical (unpaired) electrons. The molecule has 0 spiro atoms. The summed E-state index contributed by atoms with van der Waals surface area (Å²) in [5.74, 6) is -0.476. The van der Waals surface area contributed by atoms with Crippen molar-refractivity contribution in [1.82, 2.24) is 5.32 Å². The molecule has 0 saturated carbocycles. The second kappa shape index (κ2) is 7.03. The number of nitrogens with two attached hydrogens (primary N) is 1. The van der Waals surface area contributed by atoms with Gasteiger partial charge in [0.2, 0.25) is 0 Å². The van der Waals surface area contributed by atoms with E-state index in [2.05, 4.69) is 5.32 Å². The van der Waals surface area contributed by atoms with Crippen LogP contribution >= 0.6 is 0 Å². The predicted molar refractivity (Wildman–Crippen MR) is 79.9 cm³/mol. The third kappa shape index (κ3) is 3.69. The van der Waals surface area contributed by atoms with Crippen molar-refractivity contribution in [3.8, 4) is 0 Å². The van der Waals surface area contributed by atoms with Crippen LogP contribution in [0, 0.1) is 15.5 Å². The summed E-state index contributed by atoms with van der Waals surface area (Å²) < 4.78 is 0. The monoisotopic (exact) mass is 295 g/mol. The van der Waals surface area contributed by atoms with Crippen molar-refractivity contribution < 1.29 is 14.8 Å². The standard InChI is InChI=1S/C14H21N3O4/c1-3-14(4-2,9-18)8-16-13(19)10-6-5-7-11(12(10)15)17(20)21/h5-7,18H,3-4,8-9,15H2,1-2H3,(H,16,19). The Morgan fingerprint density at radius 1 is 1.43 bits per heavy atom. The van der Waals surface area contributed by atoms with Crippen LogP contribution in [0.4, 0.5) is 11.4 Å². The predicted octanol–water partition coefficient (Wildman–Crippen LogP) is 1.71. The molecule has 1 rings (SSSR count). The van der Waals surface area contributed by atoms with E-state index in [1.807, 2.05) is 13.8 Å². The molecule has 0 bridgehead atoms. The van der Waals surface area contributed by atoms with Crippen LogP contribution in [0.2, 0.25) is 0 Å². The molecule has 7 nitrogen and oxygen atoms in total. The van der Waals surface area contributed by atoms with Gasteiger partial charge in [-0.25, -0.2) is 0 Å². The lowest BCUT2D eigenvalue weighted by Crippen LogP contribution is -2.39. The minimum Gasteiger partial charge on any atom is -0.396 e. The van der Waals surface area contributed by atoms with Crippen molar-refractivity contribution in [3.05, 3.63) is 33.9 Å². The molecular formula is C14H21N3O4. The average molecular weight is 295 g/mol. The van der Waals surface area contributed by atoms with Crippen molar-refractivity contribution >= 4 is 17.3 Å². The highest BCUT2D eigenvalue weighted by Gasteiger charge is 2.27. The number of para-hydroxylation sites is 1. The highest BCUT2D eigenvalue weighted by molar-refractivity contribution is 6.00. The summed E-state index contributed by atoms with van der Waals surface area (Å²) in [4.78, 5) is 22.3. The number of nitrogens with one attached hydrogen (secondary N) is 1. The van der Waals surface area contributed by atoms with Gasteiger partial charge in [0, 0.05) is 18.0 Å². The Labute approximate surface area is 123 Å². The van der Waals surface area contributed by atoms with Crippen molar-refractivity contribution in [2.75, 3.05) is 18.9 Å². The molecular weight excluding hydrogens is 274 g/mol. The number of amides is 1. The Balaban J connectivity index is 2.91. The second-order valence-electron chi connectivity index (χ2n) is 5.04. The van der Waals surface area contributed by atoms with E-state index in [1.165, 1.54) is 18.2 Å². The normalized spacial score (nSPS) is 11.2. The van der Waals surface area contributed by atoms with Crippen molar-refractivity contribution in [3.63, 3.8) is 0 Å². The maximum atomic E-state index is 12.1. The van der Waals surface area contributed by atoms with Gasteiger partial charge in [0.1, 0.15) is 5.69 Å². The molecule has 1 amide bonds. The number of nitro groups is 1. The molecule has 7 heteroatoms. The largest absolute Gasteiger partial charge is 0.396 e. The summed E-state index contributed by atoms with van der Waals surface area (Å²) in [6, 6.07) is 4.11. The quantitative estimate of drug-likeness (QED) is 0.402. The van der Waals surface area contributed by atoms with Crippen LogP contribution in [0.1, 0.15) is 37.0 Å². The smallest absolute Gasteiger partial charge is 0.292 e. The second-order valence-corrected chi connectivity index (χ2v) is 5.04. The van der Waals surface area contributed by atoms with Gasteiger partial charge in [-0.1, -0.05) is 19.9 Å². The molecule has 116 valence electrons. The minimum atomic E-state index is -0.623. The summed E-state index contributed by atoms with van der Waals surface area (Å²) >= 11 is 0. The number of anilines is 1. The minimum absolute atomic E-state index is 0.0370. The summed E-state index contributed by atoms with van der Waals surface area (Å²) in [5.41, 5.74) is 4.92. The molecule has 0 fully saturated rings. The average Bonchev–Trinajstić information content (AvgIpc) is 2.49. The maximum absolute atomic E-state index is 12.1. The molecule has 0 aliphatic carbocycles. The van der Waals surface area contributed by atoms with E-state index in [0.717, 1.165) is 0 Å². The number of rotatable bonds is 7. The third-order valence-corrected chi connectivity index (χ3v) is 3.98. The van der Waals surface area contributed by atoms with Gasteiger partial charge in [-0.05, 0) is 18.9 Å². The van der Waals surface area contributed by atoms with Crippen LogP contribution in [0.15, 0.2) is 18.2 Å². The van der Waals surface area contributed by atoms with E-state index >= 15 is 0 Å². The van der Waals surface area contributed by atoms with Crippen molar-refractivity contribution in [2.24, 2.45) is 5.41 Å². The highest BCUT2D eigenvalue weighted by atomic mass is 16.6. The fraction of sp³-hybridized carbons (Fsp3) is 0.500. The lowest BCUT2D eigenvalue weighted by Gasteiger charge is -2.29. The zero-order valence-electron chi connectivity index (χ0n) is 12.3. The number of carbonyl (C=O) groups is 1. The highest BCUT2D eigenvalue weighted by Crippen LogP contribution is 2.26. The summed E-state index contributed by atoms with van der Waals surface area (Å²) in [6.45, 7) is 4.13. The van der Waals surface area contributed by atoms with Crippen LogP contribution in [-0.2, 0) is 0 Å². The van der Waals surface area contributed by atoms with E-state index in [0.29, 0.717) is 12.8 Å². The third-order valence-electron chi connectivity index (χ3n) is 3.98. The molecule has 0 aliphatic heterocycles. The number of nitrogen functional groups attached to an aromatic ring is 1. The molecule has 1 aromatic rings. The van der Waals surface area contributed by atoms with Crippen LogP contribution in [0.25, 0.3) is 0 Å². The first kappa shape index (κ1) is 16.9. The lowest BCUT2D eigenvalue weighted by atomic mass is 9.83. The number of carbonyl (C=O) groups excluding carboxylic acids is 1. The number of hydrogen-bond donors (Lipinski definition) is 3. The van der Waals surface area contributed by atoms with Gasteiger partial charge in [-0.15, -0.1) is 0 Å². The van der Waals surface area contributed by atoms with Crippen molar-refractivity contribution in [2.45, 2.75) is 26.7 Å². The zero-order valence-corrected chi connectivity index (χ0v) is 12.3. The molecule has 1 aromatic carbocycles. The van der Waals surface area contributed by atoms with Crippen LogP contribution in [-0.4, -0.2) is 29.1 Å². The number of benzene rings is 1. The molecule has 0 aliphatic rings. The first-order chi connectivity index (χ1) is 9.90. The summed E-state index contributed by atoms with van der Waals surface area (Å²) in [7, 11) is 0. The Morgan fingerprint density at radius 3 is 2.52 bits per heavy atom. The first-order valence-electron chi connectivity index (χ1n) is 6.82. The Hall–Kier alpha value is -2.15. The summed E-state index contributed by atoms with van der Waals surface area (Å²) in [5, 5.41) is 23.0. The number of aliphatic hydroxyl groups is 1. The molecule has 21 heavy (non-hydrogen) atoms. The molecule has 4 N–H and O–H groups in total. The molecule has 0 unspecified atom stereocenters. The maximum Gasteiger partial charge on any atom is 0.292 e. The SMILES string of the molecule is CCC(CC)(CO)CNC(=O)c1cccc([N+](=O)[O-])c1N. The number of nitro benzene ring substituents is 1. The van der Waals surface area contributed by atoms with E-state index in [9.17, 15) is 20.0 Å². The van der Waals surface area contributed by atoms with Crippen LogP contribution in [0.5, 0.6) is 0 Å². The van der Waals surface area contributed by atoms with Gasteiger partial charge in [-0.3, -0.25) is 14.9 Å².